The average Bonchev–Trinajstić information content (AvgIpc) is 2.94. The molecule has 0 unspecified atom stereocenters. The summed E-state index contributed by atoms with van der Waals surface area (Å²) >= 11 is 7.49. The Balaban J connectivity index is 1.71. The first-order valence-corrected chi connectivity index (χ1v) is 10.3. The van der Waals surface area contributed by atoms with E-state index in [1.807, 2.05) is 57.2 Å². The highest BCUT2D eigenvalue weighted by atomic mass is 35.5. The van der Waals surface area contributed by atoms with Gasteiger partial charge in [-0.2, -0.15) is 0 Å². The number of rotatable bonds is 5. The van der Waals surface area contributed by atoms with E-state index in [2.05, 4.69) is 10.3 Å². The zero-order valence-electron chi connectivity index (χ0n) is 16.0. The number of amidine groups is 1. The van der Waals surface area contributed by atoms with Crippen molar-refractivity contribution in [3.8, 4) is 0 Å². The third kappa shape index (κ3) is 4.75. The molecule has 1 heterocycles. The molecular formula is C21H22ClN3O2S. The van der Waals surface area contributed by atoms with Gasteiger partial charge in [0, 0.05) is 23.7 Å². The van der Waals surface area contributed by atoms with Gasteiger partial charge in [0.15, 0.2) is 5.17 Å². The molecule has 0 radical (unpaired) electrons. The number of hydrogen-bond donors (Lipinski definition) is 1. The topological polar surface area (TPSA) is 61.8 Å². The second-order valence-corrected chi connectivity index (χ2v) is 8.21. The van der Waals surface area contributed by atoms with Gasteiger partial charge in [0.25, 0.3) is 0 Å². The Morgan fingerprint density at radius 2 is 1.93 bits per heavy atom. The van der Waals surface area contributed by atoms with E-state index in [0.717, 1.165) is 16.8 Å². The number of hydrogen-bond acceptors (Lipinski definition) is 4. The predicted molar refractivity (Wildman–Crippen MR) is 116 cm³/mol. The highest BCUT2D eigenvalue weighted by Gasteiger charge is 2.38. The van der Waals surface area contributed by atoms with Crippen molar-refractivity contribution in [2.45, 2.75) is 32.4 Å². The molecular weight excluding hydrogens is 394 g/mol. The van der Waals surface area contributed by atoms with E-state index in [0.29, 0.717) is 22.4 Å². The summed E-state index contributed by atoms with van der Waals surface area (Å²) in [5.41, 5.74) is 3.50. The fourth-order valence-corrected chi connectivity index (χ4v) is 4.19. The minimum Gasteiger partial charge on any atom is -0.326 e. The van der Waals surface area contributed by atoms with Crippen molar-refractivity contribution < 1.29 is 9.59 Å². The summed E-state index contributed by atoms with van der Waals surface area (Å²) in [6.45, 7) is 6.31. The molecule has 2 amide bonds. The number of nitrogens with zero attached hydrogens (tertiary/aromatic N) is 2. The van der Waals surface area contributed by atoms with Crippen molar-refractivity contribution in [3.63, 3.8) is 0 Å². The zero-order chi connectivity index (χ0) is 20.3. The van der Waals surface area contributed by atoms with Crippen LogP contribution in [0.4, 0.5) is 11.4 Å². The van der Waals surface area contributed by atoms with Crippen LogP contribution in [0.3, 0.4) is 0 Å². The summed E-state index contributed by atoms with van der Waals surface area (Å²) in [6.07, 6.45) is 0.0988. The standard InChI is InChI=1S/C21H22ClN3O2S/c1-4-25-20(27)18(12-19(26)23-15-8-5-13(2)6-9-15)28-21(25)24-16-10-7-14(3)17(22)11-16/h5-11,18H,4,12H2,1-3H3,(H,23,26)/t18-/m1/s1. The van der Waals surface area contributed by atoms with Crippen LogP contribution in [0, 0.1) is 13.8 Å². The zero-order valence-corrected chi connectivity index (χ0v) is 17.6. The number of thioether (sulfide) groups is 1. The second-order valence-electron chi connectivity index (χ2n) is 6.64. The summed E-state index contributed by atoms with van der Waals surface area (Å²) in [6, 6.07) is 13.1. The number of benzene rings is 2. The minimum atomic E-state index is -0.481. The third-order valence-electron chi connectivity index (χ3n) is 4.42. The fraction of sp³-hybridized carbons (Fsp3) is 0.286. The van der Waals surface area contributed by atoms with E-state index < -0.39 is 5.25 Å². The summed E-state index contributed by atoms with van der Waals surface area (Å²) < 4.78 is 0. The van der Waals surface area contributed by atoms with Crippen molar-refractivity contribution in [2.75, 3.05) is 11.9 Å². The monoisotopic (exact) mass is 415 g/mol. The Morgan fingerprint density at radius 3 is 2.57 bits per heavy atom. The Hall–Kier alpha value is -2.31. The van der Waals surface area contributed by atoms with Gasteiger partial charge < -0.3 is 5.32 Å². The van der Waals surface area contributed by atoms with Crippen molar-refractivity contribution in [3.05, 3.63) is 58.6 Å². The van der Waals surface area contributed by atoms with E-state index in [1.54, 1.807) is 11.0 Å². The number of anilines is 1. The van der Waals surface area contributed by atoms with Crippen molar-refractivity contribution in [2.24, 2.45) is 4.99 Å². The highest BCUT2D eigenvalue weighted by Crippen LogP contribution is 2.32. The lowest BCUT2D eigenvalue weighted by Crippen LogP contribution is -2.33. The largest absolute Gasteiger partial charge is 0.326 e. The van der Waals surface area contributed by atoms with Crippen LogP contribution in [0.25, 0.3) is 0 Å². The van der Waals surface area contributed by atoms with Crippen LogP contribution >= 0.6 is 23.4 Å². The molecule has 0 spiro atoms. The molecule has 5 nitrogen and oxygen atoms in total. The van der Waals surface area contributed by atoms with Crippen LogP contribution in [0.5, 0.6) is 0 Å². The number of halogens is 1. The molecule has 1 N–H and O–H groups in total. The highest BCUT2D eigenvalue weighted by molar-refractivity contribution is 8.15. The van der Waals surface area contributed by atoms with E-state index in [1.165, 1.54) is 11.8 Å². The molecule has 2 aromatic rings. The number of aryl methyl sites for hydroxylation is 2. The average molecular weight is 416 g/mol. The molecule has 3 rings (SSSR count). The molecule has 1 saturated heterocycles. The molecule has 0 saturated carbocycles. The van der Waals surface area contributed by atoms with Crippen LogP contribution < -0.4 is 5.32 Å². The molecule has 1 atom stereocenters. The molecule has 0 aliphatic carbocycles. The van der Waals surface area contributed by atoms with E-state index >= 15 is 0 Å². The normalized spacial score (nSPS) is 18.0. The number of nitrogens with one attached hydrogen (secondary N) is 1. The smallest absolute Gasteiger partial charge is 0.242 e. The quantitative estimate of drug-likeness (QED) is 0.752. The van der Waals surface area contributed by atoms with Gasteiger partial charge in [-0.3, -0.25) is 14.5 Å². The first kappa shape index (κ1) is 20.4. The molecule has 0 aromatic heterocycles. The summed E-state index contributed by atoms with van der Waals surface area (Å²) in [7, 11) is 0. The molecule has 1 fully saturated rings. The molecule has 2 aromatic carbocycles. The number of carbonyl (C=O) groups excluding carboxylic acids is 2. The third-order valence-corrected chi connectivity index (χ3v) is 6.01. The molecule has 1 aliphatic rings. The van der Waals surface area contributed by atoms with Gasteiger partial charge in [-0.25, -0.2) is 4.99 Å². The van der Waals surface area contributed by atoms with Gasteiger partial charge in [-0.05, 0) is 50.6 Å². The molecule has 1 aliphatic heterocycles. The Bertz CT molecular complexity index is 928. The van der Waals surface area contributed by atoms with Crippen LogP contribution in [0.15, 0.2) is 47.5 Å². The first-order chi connectivity index (χ1) is 13.4. The maximum Gasteiger partial charge on any atom is 0.242 e. The molecule has 7 heteroatoms. The number of carbonyl (C=O) groups is 2. The fourth-order valence-electron chi connectivity index (χ4n) is 2.80. The molecule has 0 bridgehead atoms. The lowest BCUT2D eigenvalue weighted by molar-refractivity contribution is -0.128. The number of aliphatic imine (C=N–C) groups is 1. The van der Waals surface area contributed by atoms with Crippen LogP contribution in [0.2, 0.25) is 5.02 Å². The predicted octanol–water partition coefficient (Wildman–Crippen LogP) is 4.94. The van der Waals surface area contributed by atoms with E-state index in [-0.39, 0.29) is 18.2 Å². The Labute approximate surface area is 174 Å². The van der Waals surface area contributed by atoms with Crippen LogP contribution in [-0.2, 0) is 9.59 Å². The maximum atomic E-state index is 12.7. The molecule has 146 valence electrons. The maximum absolute atomic E-state index is 12.7. The lowest BCUT2D eigenvalue weighted by Gasteiger charge is -2.13. The Morgan fingerprint density at radius 1 is 1.21 bits per heavy atom. The Kier molecular flexibility index (Phi) is 6.42. The van der Waals surface area contributed by atoms with Crippen molar-refractivity contribution in [1.82, 2.24) is 4.90 Å². The van der Waals surface area contributed by atoms with E-state index in [9.17, 15) is 9.59 Å². The van der Waals surface area contributed by atoms with Crippen molar-refractivity contribution >= 4 is 51.7 Å². The molecule has 28 heavy (non-hydrogen) atoms. The lowest BCUT2D eigenvalue weighted by atomic mass is 10.2. The van der Waals surface area contributed by atoms with Gasteiger partial charge in [0.1, 0.15) is 5.25 Å². The first-order valence-electron chi connectivity index (χ1n) is 9.06. The summed E-state index contributed by atoms with van der Waals surface area (Å²) in [5.74, 6) is -0.283. The van der Waals surface area contributed by atoms with Gasteiger partial charge in [-0.15, -0.1) is 0 Å². The SMILES string of the molecule is CCN1C(=O)[C@@H](CC(=O)Nc2ccc(C)cc2)SC1=Nc1ccc(C)c(Cl)c1. The summed E-state index contributed by atoms with van der Waals surface area (Å²) in [5, 5.41) is 3.60. The second kappa shape index (κ2) is 8.80. The van der Waals surface area contributed by atoms with Crippen molar-refractivity contribution in [1.29, 1.82) is 0 Å². The van der Waals surface area contributed by atoms with E-state index in [4.69, 9.17) is 11.6 Å². The van der Waals surface area contributed by atoms with Gasteiger partial charge in [0.05, 0.1) is 5.69 Å². The minimum absolute atomic E-state index is 0.0940. The number of amides is 2. The van der Waals surface area contributed by atoms with Crippen LogP contribution in [0.1, 0.15) is 24.5 Å². The summed E-state index contributed by atoms with van der Waals surface area (Å²) in [4.78, 5) is 31.3. The van der Waals surface area contributed by atoms with Gasteiger partial charge >= 0.3 is 0 Å². The van der Waals surface area contributed by atoms with Gasteiger partial charge in [-0.1, -0.05) is 47.1 Å². The van der Waals surface area contributed by atoms with Gasteiger partial charge in [0.2, 0.25) is 11.8 Å². The van der Waals surface area contributed by atoms with Crippen LogP contribution in [-0.4, -0.2) is 33.7 Å².